The maximum absolute atomic E-state index is 12.5. The van der Waals surface area contributed by atoms with E-state index in [9.17, 15) is 4.79 Å². The average molecular weight is 360 g/mol. The molecule has 22 heavy (non-hydrogen) atoms. The van der Waals surface area contributed by atoms with Gasteiger partial charge in [0, 0.05) is 15.4 Å². The van der Waals surface area contributed by atoms with Gasteiger partial charge in [-0.25, -0.2) is 0 Å². The van der Waals surface area contributed by atoms with E-state index in [4.69, 9.17) is 9.15 Å². The quantitative estimate of drug-likeness (QED) is 0.732. The lowest BCUT2D eigenvalue weighted by atomic mass is 10.1. The Morgan fingerprint density at radius 3 is 2.77 bits per heavy atom. The minimum atomic E-state index is -0.297. The number of amides is 1. The van der Waals surface area contributed by atoms with E-state index in [2.05, 4.69) is 21.2 Å². The Hall–Kier alpha value is -2.27. The molecule has 3 aromatic rings. The highest BCUT2D eigenvalue weighted by Gasteiger charge is 2.19. The normalized spacial score (nSPS) is 10.7. The maximum Gasteiger partial charge on any atom is 0.291 e. The summed E-state index contributed by atoms with van der Waals surface area (Å²) in [7, 11) is 1.56. The van der Waals surface area contributed by atoms with Crippen molar-refractivity contribution in [3.8, 4) is 5.75 Å². The fraction of sp³-hybridized carbons (Fsp3) is 0.118. The molecule has 0 bridgehead atoms. The summed E-state index contributed by atoms with van der Waals surface area (Å²) < 4.78 is 11.9. The second-order valence-corrected chi connectivity index (χ2v) is 5.77. The number of aryl methyl sites for hydroxylation is 1. The van der Waals surface area contributed by atoms with Gasteiger partial charge in [0.1, 0.15) is 11.3 Å². The first-order chi connectivity index (χ1) is 10.6. The number of ether oxygens (including phenoxy) is 1. The lowest BCUT2D eigenvalue weighted by Gasteiger charge is -2.08. The number of rotatable bonds is 3. The van der Waals surface area contributed by atoms with Gasteiger partial charge in [-0.05, 0) is 37.3 Å². The van der Waals surface area contributed by atoms with Crippen LogP contribution in [0.4, 0.5) is 5.69 Å². The molecule has 0 aliphatic rings. The predicted octanol–water partition coefficient (Wildman–Crippen LogP) is 4.76. The van der Waals surface area contributed by atoms with E-state index >= 15 is 0 Å². The average Bonchev–Trinajstić information content (AvgIpc) is 2.85. The van der Waals surface area contributed by atoms with Crippen LogP contribution in [0.1, 0.15) is 16.1 Å². The van der Waals surface area contributed by atoms with Crippen molar-refractivity contribution in [1.29, 1.82) is 0 Å². The number of methoxy groups -OCH3 is 1. The highest BCUT2D eigenvalue weighted by atomic mass is 79.9. The van der Waals surface area contributed by atoms with Gasteiger partial charge in [-0.3, -0.25) is 4.79 Å². The highest BCUT2D eigenvalue weighted by Crippen LogP contribution is 2.29. The van der Waals surface area contributed by atoms with Crippen molar-refractivity contribution in [2.75, 3.05) is 12.4 Å². The Morgan fingerprint density at radius 2 is 2.00 bits per heavy atom. The molecule has 0 saturated carbocycles. The smallest absolute Gasteiger partial charge is 0.291 e. The van der Waals surface area contributed by atoms with Crippen LogP contribution in [0.5, 0.6) is 5.75 Å². The molecule has 0 aliphatic heterocycles. The first-order valence-corrected chi connectivity index (χ1v) is 7.52. The minimum Gasteiger partial charge on any atom is -0.495 e. The molecule has 0 spiro atoms. The third-order valence-electron chi connectivity index (χ3n) is 3.46. The topological polar surface area (TPSA) is 51.5 Å². The zero-order valence-corrected chi connectivity index (χ0v) is 13.7. The van der Waals surface area contributed by atoms with Crippen LogP contribution in [0.25, 0.3) is 11.0 Å². The number of halogens is 1. The summed E-state index contributed by atoms with van der Waals surface area (Å²) in [6.45, 7) is 1.87. The number of benzene rings is 2. The van der Waals surface area contributed by atoms with Crippen molar-refractivity contribution in [3.63, 3.8) is 0 Å². The molecule has 1 aromatic heterocycles. The summed E-state index contributed by atoms with van der Waals surface area (Å²) in [4.78, 5) is 12.5. The summed E-state index contributed by atoms with van der Waals surface area (Å²) in [5, 5.41) is 3.74. The van der Waals surface area contributed by atoms with Crippen LogP contribution >= 0.6 is 15.9 Å². The molecule has 0 radical (unpaired) electrons. The van der Waals surface area contributed by atoms with Gasteiger partial charge >= 0.3 is 0 Å². The van der Waals surface area contributed by atoms with Gasteiger partial charge in [0.15, 0.2) is 5.76 Å². The largest absolute Gasteiger partial charge is 0.495 e. The van der Waals surface area contributed by atoms with E-state index in [-0.39, 0.29) is 5.91 Å². The molecule has 4 nitrogen and oxygen atoms in total. The highest BCUT2D eigenvalue weighted by molar-refractivity contribution is 9.10. The van der Waals surface area contributed by atoms with Crippen molar-refractivity contribution in [2.45, 2.75) is 6.92 Å². The lowest BCUT2D eigenvalue weighted by Crippen LogP contribution is -2.12. The van der Waals surface area contributed by atoms with Gasteiger partial charge in [-0.2, -0.15) is 0 Å². The molecule has 1 N–H and O–H groups in total. The van der Waals surface area contributed by atoms with E-state index in [1.165, 1.54) is 0 Å². The summed E-state index contributed by atoms with van der Waals surface area (Å²) in [5.41, 5.74) is 2.10. The van der Waals surface area contributed by atoms with Crippen LogP contribution in [0, 0.1) is 6.92 Å². The monoisotopic (exact) mass is 359 g/mol. The SMILES string of the molecule is COc1ccccc1NC(=O)c1oc2ccc(Br)cc2c1C. The van der Waals surface area contributed by atoms with Crippen LogP contribution in [0.3, 0.4) is 0 Å². The van der Waals surface area contributed by atoms with Crippen molar-refractivity contribution in [2.24, 2.45) is 0 Å². The number of hydrogen-bond acceptors (Lipinski definition) is 3. The summed E-state index contributed by atoms with van der Waals surface area (Å²) in [6.07, 6.45) is 0. The molecule has 1 heterocycles. The first-order valence-electron chi connectivity index (χ1n) is 6.73. The summed E-state index contributed by atoms with van der Waals surface area (Å²) >= 11 is 3.43. The number of furan rings is 1. The fourth-order valence-electron chi connectivity index (χ4n) is 2.34. The van der Waals surface area contributed by atoms with Crippen LogP contribution in [-0.2, 0) is 0 Å². The number of carbonyl (C=O) groups is 1. The number of anilines is 1. The molecule has 0 aliphatic carbocycles. The van der Waals surface area contributed by atoms with E-state index in [0.29, 0.717) is 22.8 Å². The van der Waals surface area contributed by atoms with Crippen molar-refractivity contribution in [1.82, 2.24) is 0 Å². The van der Waals surface area contributed by atoms with Crippen molar-refractivity contribution >= 4 is 38.5 Å². The maximum atomic E-state index is 12.5. The summed E-state index contributed by atoms with van der Waals surface area (Å²) in [6, 6.07) is 12.9. The third-order valence-corrected chi connectivity index (χ3v) is 3.95. The molecular weight excluding hydrogens is 346 g/mol. The van der Waals surface area contributed by atoms with E-state index < -0.39 is 0 Å². The van der Waals surface area contributed by atoms with Crippen molar-refractivity contribution < 1.29 is 13.9 Å². The first kappa shape index (κ1) is 14.7. The zero-order valence-electron chi connectivity index (χ0n) is 12.1. The molecular formula is C17H14BrNO3. The molecule has 5 heteroatoms. The molecule has 0 atom stereocenters. The van der Waals surface area contributed by atoms with Crippen molar-refractivity contribution in [3.05, 3.63) is 58.3 Å². The second kappa shape index (κ2) is 5.85. The Labute approximate surface area is 136 Å². The van der Waals surface area contributed by atoms with Crippen LogP contribution in [0.15, 0.2) is 51.4 Å². The van der Waals surface area contributed by atoms with E-state index in [0.717, 1.165) is 15.4 Å². The second-order valence-electron chi connectivity index (χ2n) is 4.85. The number of hydrogen-bond donors (Lipinski definition) is 1. The fourth-order valence-corrected chi connectivity index (χ4v) is 2.70. The number of para-hydroxylation sites is 2. The molecule has 3 rings (SSSR count). The van der Waals surface area contributed by atoms with Gasteiger partial charge in [0.05, 0.1) is 12.8 Å². The van der Waals surface area contributed by atoms with E-state index in [1.807, 2.05) is 37.3 Å². The van der Waals surface area contributed by atoms with Gasteiger partial charge in [0.2, 0.25) is 0 Å². The molecule has 1 amide bonds. The van der Waals surface area contributed by atoms with E-state index in [1.54, 1.807) is 19.2 Å². The molecule has 0 fully saturated rings. The summed E-state index contributed by atoms with van der Waals surface area (Å²) in [5.74, 6) is 0.612. The molecule has 112 valence electrons. The third kappa shape index (κ3) is 2.60. The Balaban J connectivity index is 1.97. The van der Waals surface area contributed by atoms with Gasteiger partial charge in [-0.1, -0.05) is 28.1 Å². The van der Waals surface area contributed by atoms with Gasteiger partial charge < -0.3 is 14.5 Å². The van der Waals surface area contributed by atoms with Crippen LogP contribution in [0.2, 0.25) is 0 Å². The number of carbonyl (C=O) groups excluding carboxylic acids is 1. The molecule has 2 aromatic carbocycles. The Kier molecular flexibility index (Phi) is 3.90. The molecule has 0 unspecified atom stereocenters. The lowest BCUT2D eigenvalue weighted by molar-refractivity contribution is 0.0997. The standard InChI is InChI=1S/C17H14BrNO3/c1-10-12-9-11(18)7-8-14(12)22-16(10)17(20)19-13-5-3-4-6-15(13)21-2/h3-9H,1-2H3,(H,19,20). The minimum absolute atomic E-state index is 0.297. The Morgan fingerprint density at radius 1 is 1.23 bits per heavy atom. The number of nitrogens with one attached hydrogen (secondary N) is 1. The Bertz CT molecular complexity index is 854. The molecule has 0 saturated heterocycles. The van der Waals surface area contributed by atoms with Crippen LogP contribution < -0.4 is 10.1 Å². The zero-order chi connectivity index (χ0) is 15.7. The number of fused-ring (bicyclic) bond motifs is 1. The predicted molar refractivity (Wildman–Crippen MR) is 89.6 cm³/mol. The van der Waals surface area contributed by atoms with Gasteiger partial charge in [0.25, 0.3) is 5.91 Å². The van der Waals surface area contributed by atoms with Gasteiger partial charge in [-0.15, -0.1) is 0 Å². The van der Waals surface area contributed by atoms with Crippen LogP contribution in [-0.4, -0.2) is 13.0 Å².